The molecule has 1 N–H and O–H groups in total. The zero-order chi connectivity index (χ0) is 18.8. The van der Waals surface area contributed by atoms with E-state index in [0.717, 1.165) is 42.4 Å². The van der Waals surface area contributed by atoms with Gasteiger partial charge in [-0.1, -0.05) is 20.8 Å². The molecule has 142 valence electrons. The molecule has 1 aliphatic rings. The van der Waals surface area contributed by atoms with Crippen LogP contribution in [0.15, 0.2) is 6.20 Å². The van der Waals surface area contributed by atoms with Crippen LogP contribution in [0, 0.1) is 12.8 Å². The Balaban J connectivity index is 1.73. The first-order valence-corrected chi connectivity index (χ1v) is 9.35. The third kappa shape index (κ3) is 3.65. The number of nitrogens with zero attached hydrogens (tertiary/aromatic N) is 6. The van der Waals surface area contributed by atoms with Crippen molar-refractivity contribution < 1.29 is 4.79 Å². The van der Waals surface area contributed by atoms with E-state index in [-0.39, 0.29) is 11.9 Å². The molecular weight excluding hydrogens is 330 g/mol. The van der Waals surface area contributed by atoms with Crippen LogP contribution >= 0.6 is 0 Å². The minimum Gasteiger partial charge on any atom is -0.322 e. The maximum atomic E-state index is 12.9. The van der Waals surface area contributed by atoms with Gasteiger partial charge in [0.1, 0.15) is 17.7 Å². The Morgan fingerprint density at radius 3 is 2.85 bits per heavy atom. The molecule has 1 atom stereocenters. The summed E-state index contributed by atoms with van der Waals surface area (Å²) < 4.78 is 4.04. The van der Waals surface area contributed by atoms with Gasteiger partial charge in [0.25, 0.3) is 0 Å². The van der Waals surface area contributed by atoms with Crippen molar-refractivity contribution in [1.29, 1.82) is 0 Å². The van der Waals surface area contributed by atoms with E-state index >= 15 is 0 Å². The standard InChI is InChI=1S/C18H29N7O/c1-6-15-14(9-19-25(15)8-7-12(2)3)20-18(26)16-10-24-13(4)21-22-17(24)11-23(16)5/h9,12,16H,6-8,10-11H2,1-5H3,(H,20,26). The summed E-state index contributed by atoms with van der Waals surface area (Å²) in [5, 5.41) is 15.9. The molecule has 8 nitrogen and oxygen atoms in total. The fraction of sp³-hybridized carbons (Fsp3) is 0.667. The molecule has 3 rings (SSSR count). The van der Waals surface area contributed by atoms with Gasteiger partial charge in [-0.05, 0) is 32.7 Å². The Morgan fingerprint density at radius 2 is 2.15 bits per heavy atom. The largest absolute Gasteiger partial charge is 0.322 e. The SMILES string of the molecule is CCc1c(NC(=O)C2Cn3c(C)nnc3CN2C)cnn1CCC(C)C. The maximum absolute atomic E-state index is 12.9. The number of hydrogen-bond donors (Lipinski definition) is 1. The number of aromatic nitrogens is 5. The zero-order valence-corrected chi connectivity index (χ0v) is 16.4. The highest BCUT2D eigenvalue weighted by molar-refractivity contribution is 5.95. The van der Waals surface area contributed by atoms with E-state index < -0.39 is 0 Å². The molecule has 2 aromatic rings. The summed E-state index contributed by atoms with van der Waals surface area (Å²) in [6, 6.07) is -0.249. The molecule has 1 aliphatic heterocycles. The summed E-state index contributed by atoms with van der Waals surface area (Å²) >= 11 is 0. The molecule has 3 heterocycles. The monoisotopic (exact) mass is 359 g/mol. The van der Waals surface area contributed by atoms with Gasteiger partial charge in [-0.25, -0.2) is 0 Å². The Kier molecular flexibility index (Phi) is 5.41. The number of fused-ring (bicyclic) bond motifs is 1. The first-order chi connectivity index (χ1) is 12.4. The van der Waals surface area contributed by atoms with E-state index in [1.807, 2.05) is 28.1 Å². The summed E-state index contributed by atoms with van der Waals surface area (Å²) in [7, 11) is 1.95. The van der Waals surface area contributed by atoms with Gasteiger partial charge >= 0.3 is 0 Å². The Morgan fingerprint density at radius 1 is 1.38 bits per heavy atom. The lowest BCUT2D eigenvalue weighted by atomic mass is 10.1. The van der Waals surface area contributed by atoms with Crippen LogP contribution in [0.3, 0.4) is 0 Å². The molecule has 2 aromatic heterocycles. The van der Waals surface area contributed by atoms with Crippen molar-refractivity contribution in [2.45, 2.75) is 66.2 Å². The van der Waals surface area contributed by atoms with E-state index in [9.17, 15) is 4.79 Å². The molecule has 1 unspecified atom stereocenters. The van der Waals surface area contributed by atoms with Crippen molar-refractivity contribution in [3.05, 3.63) is 23.5 Å². The fourth-order valence-electron chi connectivity index (χ4n) is 3.39. The molecule has 26 heavy (non-hydrogen) atoms. The van der Waals surface area contributed by atoms with Crippen molar-refractivity contribution >= 4 is 11.6 Å². The van der Waals surface area contributed by atoms with Crippen LogP contribution in [0.5, 0.6) is 0 Å². The van der Waals surface area contributed by atoms with Crippen LogP contribution in [-0.2, 0) is 30.8 Å². The summed E-state index contributed by atoms with van der Waals surface area (Å²) in [6.07, 6.45) is 3.68. The topological polar surface area (TPSA) is 80.9 Å². The summed E-state index contributed by atoms with van der Waals surface area (Å²) in [5.41, 5.74) is 1.90. The van der Waals surface area contributed by atoms with Crippen LogP contribution in [0.1, 0.15) is 44.5 Å². The van der Waals surface area contributed by atoms with E-state index in [1.54, 1.807) is 6.20 Å². The minimum absolute atomic E-state index is 0.00985. The molecule has 0 bridgehead atoms. The fourth-order valence-corrected chi connectivity index (χ4v) is 3.39. The van der Waals surface area contributed by atoms with Crippen molar-refractivity contribution in [3.63, 3.8) is 0 Å². The number of amides is 1. The van der Waals surface area contributed by atoms with Crippen molar-refractivity contribution in [3.8, 4) is 0 Å². The first kappa shape index (κ1) is 18.6. The second-order valence-corrected chi connectivity index (χ2v) is 7.46. The zero-order valence-electron chi connectivity index (χ0n) is 16.4. The molecule has 0 aromatic carbocycles. The Labute approximate surface area is 154 Å². The van der Waals surface area contributed by atoms with E-state index in [0.29, 0.717) is 19.0 Å². The first-order valence-electron chi connectivity index (χ1n) is 9.35. The number of carbonyl (C=O) groups is 1. The number of aryl methyl sites for hydroxylation is 2. The normalized spacial score (nSPS) is 17.5. The maximum Gasteiger partial charge on any atom is 0.243 e. The second kappa shape index (κ2) is 7.57. The number of rotatable bonds is 6. The average Bonchev–Trinajstić information content (AvgIpc) is 3.15. The van der Waals surface area contributed by atoms with Gasteiger partial charge < -0.3 is 9.88 Å². The molecule has 1 amide bonds. The average molecular weight is 359 g/mol. The third-order valence-electron chi connectivity index (χ3n) is 5.05. The number of likely N-dealkylation sites (N-methyl/N-ethyl adjacent to an activating group) is 1. The number of nitrogens with one attached hydrogen (secondary N) is 1. The van der Waals surface area contributed by atoms with Gasteiger partial charge in [0.05, 0.1) is 30.7 Å². The summed E-state index contributed by atoms with van der Waals surface area (Å²) in [5.74, 6) is 2.37. The molecule has 8 heteroatoms. The second-order valence-electron chi connectivity index (χ2n) is 7.46. The van der Waals surface area contributed by atoms with Crippen molar-refractivity contribution in [2.75, 3.05) is 12.4 Å². The Hall–Kier alpha value is -2.22. The van der Waals surface area contributed by atoms with Crippen molar-refractivity contribution in [2.24, 2.45) is 5.92 Å². The highest BCUT2D eigenvalue weighted by Gasteiger charge is 2.31. The van der Waals surface area contributed by atoms with Gasteiger partial charge in [0.15, 0.2) is 0 Å². The highest BCUT2D eigenvalue weighted by atomic mass is 16.2. The molecular formula is C18H29N7O. The van der Waals surface area contributed by atoms with Gasteiger partial charge in [0, 0.05) is 6.54 Å². The predicted molar refractivity (Wildman–Crippen MR) is 99.7 cm³/mol. The van der Waals surface area contributed by atoms with Crippen LogP contribution < -0.4 is 5.32 Å². The third-order valence-corrected chi connectivity index (χ3v) is 5.05. The molecule has 0 aliphatic carbocycles. The van der Waals surface area contributed by atoms with Crippen LogP contribution in [0.2, 0.25) is 0 Å². The lowest BCUT2D eigenvalue weighted by Gasteiger charge is -2.32. The van der Waals surface area contributed by atoms with Crippen LogP contribution in [-0.4, -0.2) is 48.4 Å². The number of hydrogen-bond acceptors (Lipinski definition) is 5. The molecule has 0 radical (unpaired) electrons. The molecule has 0 saturated heterocycles. The van der Waals surface area contributed by atoms with Gasteiger partial charge in [-0.15, -0.1) is 10.2 Å². The van der Waals surface area contributed by atoms with Crippen molar-refractivity contribution in [1.82, 2.24) is 29.4 Å². The number of carbonyl (C=O) groups excluding carboxylic acids is 1. The Bertz CT molecular complexity index is 777. The molecule has 0 spiro atoms. The minimum atomic E-state index is -0.249. The van der Waals surface area contributed by atoms with Crippen LogP contribution in [0.4, 0.5) is 5.69 Å². The highest BCUT2D eigenvalue weighted by Crippen LogP contribution is 2.21. The van der Waals surface area contributed by atoms with E-state index in [4.69, 9.17) is 0 Å². The van der Waals surface area contributed by atoms with E-state index in [2.05, 4.69) is 41.4 Å². The summed E-state index contributed by atoms with van der Waals surface area (Å²) in [6.45, 7) is 10.5. The van der Waals surface area contributed by atoms with Gasteiger partial charge in [-0.3, -0.25) is 14.4 Å². The van der Waals surface area contributed by atoms with E-state index in [1.165, 1.54) is 0 Å². The predicted octanol–water partition coefficient (Wildman–Crippen LogP) is 1.84. The smallest absolute Gasteiger partial charge is 0.243 e. The van der Waals surface area contributed by atoms with Gasteiger partial charge in [-0.2, -0.15) is 5.10 Å². The molecule has 0 saturated carbocycles. The number of anilines is 1. The molecule has 0 fully saturated rings. The lowest BCUT2D eigenvalue weighted by molar-refractivity contribution is -0.122. The van der Waals surface area contributed by atoms with Gasteiger partial charge in [0.2, 0.25) is 5.91 Å². The summed E-state index contributed by atoms with van der Waals surface area (Å²) in [4.78, 5) is 14.9. The van der Waals surface area contributed by atoms with Crippen LogP contribution in [0.25, 0.3) is 0 Å². The lowest BCUT2D eigenvalue weighted by Crippen LogP contribution is -2.48. The quantitative estimate of drug-likeness (QED) is 0.851.